The van der Waals surface area contributed by atoms with Crippen LogP contribution in [-0.2, 0) is 0 Å². The maximum absolute atomic E-state index is 9.02. The van der Waals surface area contributed by atoms with Crippen LogP contribution in [0.25, 0.3) is 0 Å². The molecule has 2 heteroatoms. The van der Waals surface area contributed by atoms with E-state index in [4.69, 9.17) is 10.4 Å². The van der Waals surface area contributed by atoms with E-state index in [1.165, 1.54) is 0 Å². The van der Waals surface area contributed by atoms with Crippen LogP contribution in [-0.4, -0.2) is 11.2 Å². The van der Waals surface area contributed by atoms with Gasteiger partial charge in [-0.25, -0.2) is 0 Å². The zero-order valence-corrected chi connectivity index (χ0v) is 5.17. The van der Waals surface area contributed by atoms with Gasteiger partial charge in [0.2, 0.25) is 0 Å². The minimum atomic E-state index is -0.273. The topological polar surface area (TPSA) is 44.0 Å². The molecule has 0 unspecified atom stereocenters. The number of aliphatic hydroxyl groups excluding tert-OH is 1. The smallest absolute Gasteiger partial charge is 0.0944 e. The second-order valence-corrected chi connectivity index (χ2v) is 2.28. The number of aliphatic hydroxyl groups is 1. The first kappa shape index (κ1) is 6.31. The molecule has 0 saturated heterocycles. The maximum atomic E-state index is 9.02. The molecule has 48 valence electrons. The van der Waals surface area contributed by atoms with Crippen molar-refractivity contribution in [3.8, 4) is 6.07 Å². The minimum absolute atomic E-state index is 0.273. The first-order valence-electron chi connectivity index (χ1n) is 3.10. The molecule has 1 atom stereocenters. The Morgan fingerprint density at radius 1 is 1.78 bits per heavy atom. The average molecular weight is 123 g/mol. The molecule has 1 aliphatic carbocycles. The fourth-order valence-corrected chi connectivity index (χ4v) is 0.980. The summed E-state index contributed by atoms with van der Waals surface area (Å²) < 4.78 is 0. The molecule has 9 heavy (non-hydrogen) atoms. The molecule has 0 heterocycles. The zero-order chi connectivity index (χ0) is 6.69. The van der Waals surface area contributed by atoms with Gasteiger partial charge in [-0.3, -0.25) is 0 Å². The molecule has 0 bridgehead atoms. The van der Waals surface area contributed by atoms with Crippen molar-refractivity contribution in [1.29, 1.82) is 5.26 Å². The molecule has 0 spiro atoms. The molecular weight excluding hydrogens is 114 g/mol. The lowest BCUT2D eigenvalue weighted by Crippen LogP contribution is -2.10. The van der Waals surface area contributed by atoms with Crippen LogP contribution in [0.15, 0.2) is 11.6 Å². The average Bonchev–Trinajstić information content (AvgIpc) is 1.88. The molecule has 0 fully saturated rings. The molecule has 1 rings (SSSR count). The summed E-state index contributed by atoms with van der Waals surface area (Å²) in [6, 6.07) is 2.04. The molecule has 0 saturated carbocycles. The van der Waals surface area contributed by atoms with E-state index in [0.29, 0.717) is 6.42 Å². The largest absolute Gasteiger partial charge is 0.393 e. The van der Waals surface area contributed by atoms with Crippen LogP contribution in [0.3, 0.4) is 0 Å². The van der Waals surface area contributed by atoms with Crippen molar-refractivity contribution in [2.75, 3.05) is 0 Å². The Hall–Kier alpha value is -0.810. The second-order valence-electron chi connectivity index (χ2n) is 2.28. The van der Waals surface area contributed by atoms with Crippen molar-refractivity contribution < 1.29 is 5.11 Å². The maximum Gasteiger partial charge on any atom is 0.0944 e. The molecular formula is C7H9NO. The third-order valence-corrected chi connectivity index (χ3v) is 1.49. The Balaban J connectivity index is 2.56. The Bertz CT molecular complexity index is 166. The Morgan fingerprint density at radius 2 is 2.56 bits per heavy atom. The highest BCUT2D eigenvalue weighted by Gasteiger charge is 2.10. The van der Waals surface area contributed by atoms with Gasteiger partial charge in [0, 0.05) is 12.0 Å². The molecule has 1 N–H and O–H groups in total. The number of nitriles is 1. The van der Waals surface area contributed by atoms with Gasteiger partial charge in [-0.1, -0.05) is 6.08 Å². The fraction of sp³-hybridized carbons (Fsp3) is 0.571. The van der Waals surface area contributed by atoms with Crippen molar-refractivity contribution in [2.24, 2.45) is 0 Å². The van der Waals surface area contributed by atoms with Gasteiger partial charge in [-0.2, -0.15) is 5.26 Å². The van der Waals surface area contributed by atoms with E-state index in [0.717, 1.165) is 18.4 Å². The summed E-state index contributed by atoms with van der Waals surface area (Å²) in [7, 11) is 0. The first-order valence-corrected chi connectivity index (χ1v) is 3.10. The molecule has 0 radical (unpaired) electrons. The summed E-state index contributed by atoms with van der Waals surface area (Å²) in [5, 5.41) is 17.4. The minimum Gasteiger partial charge on any atom is -0.393 e. The van der Waals surface area contributed by atoms with E-state index < -0.39 is 0 Å². The highest BCUT2D eigenvalue weighted by molar-refractivity contribution is 5.22. The summed E-state index contributed by atoms with van der Waals surface area (Å²) in [6.45, 7) is 0. The second kappa shape index (κ2) is 2.65. The van der Waals surface area contributed by atoms with Gasteiger partial charge >= 0.3 is 0 Å². The van der Waals surface area contributed by atoms with Crippen LogP contribution in [0, 0.1) is 11.3 Å². The van der Waals surface area contributed by atoms with Gasteiger partial charge in [-0.15, -0.1) is 0 Å². The molecule has 2 nitrogen and oxygen atoms in total. The van der Waals surface area contributed by atoms with Crippen molar-refractivity contribution in [3.05, 3.63) is 11.6 Å². The lowest BCUT2D eigenvalue weighted by atomic mass is 9.98. The lowest BCUT2D eigenvalue weighted by molar-refractivity contribution is 0.162. The molecule has 0 aromatic rings. The van der Waals surface area contributed by atoms with Gasteiger partial charge in [0.1, 0.15) is 0 Å². The monoisotopic (exact) mass is 123 g/mol. The van der Waals surface area contributed by atoms with Crippen molar-refractivity contribution in [3.63, 3.8) is 0 Å². The summed E-state index contributed by atoms with van der Waals surface area (Å²) in [6.07, 6.45) is 3.84. The summed E-state index contributed by atoms with van der Waals surface area (Å²) >= 11 is 0. The Kier molecular flexibility index (Phi) is 1.86. The predicted molar refractivity (Wildman–Crippen MR) is 33.6 cm³/mol. The van der Waals surface area contributed by atoms with Crippen LogP contribution in [0.2, 0.25) is 0 Å². The van der Waals surface area contributed by atoms with Crippen LogP contribution < -0.4 is 0 Å². The molecule has 0 aliphatic heterocycles. The number of rotatable bonds is 0. The van der Waals surface area contributed by atoms with E-state index in [9.17, 15) is 0 Å². The third kappa shape index (κ3) is 1.55. The van der Waals surface area contributed by atoms with Crippen LogP contribution in [0.4, 0.5) is 0 Å². The predicted octanol–water partition coefficient (Wildman–Crippen LogP) is 0.981. The number of allylic oxidation sites excluding steroid dienone is 1. The normalized spacial score (nSPS) is 26.7. The zero-order valence-electron chi connectivity index (χ0n) is 5.17. The quantitative estimate of drug-likeness (QED) is 0.521. The van der Waals surface area contributed by atoms with Gasteiger partial charge in [0.25, 0.3) is 0 Å². The molecule has 0 amide bonds. The van der Waals surface area contributed by atoms with Crippen molar-refractivity contribution >= 4 is 0 Å². The molecule has 0 aromatic heterocycles. The molecule has 0 aromatic carbocycles. The van der Waals surface area contributed by atoms with E-state index >= 15 is 0 Å². The van der Waals surface area contributed by atoms with E-state index in [1.54, 1.807) is 0 Å². The summed E-state index contributed by atoms with van der Waals surface area (Å²) in [4.78, 5) is 0. The highest BCUT2D eigenvalue weighted by atomic mass is 16.3. The van der Waals surface area contributed by atoms with E-state index in [-0.39, 0.29) is 6.10 Å². The highest BCUT2D eigenvalue weighted by Crippen LogP contribution is 2.16. The van der Waals surface area contributed by atoms with Gasteiger partial charge in [0.05, 0.1) is 12.2 Å². The standard InChI is InChI=1S/C7H9NO/c8-5-6-2-1-3-7(9)4-6/h2,7,9H,1,3-4H2/t7-/m0/s1. The van der Waals surface area contributed by atoms with Crippen LogP contribution >= 0.6 is 0 Å². The van der Waals surface area contributed by atoms with E-state index in [1.807, 2.05) is 12.1 Å². The van der Waals surface area contributed by atoms with E-state index in [2.05, 4.69) is 0 Å². The van der Waals surface area contributed by atoms with Crippen molar-refractivity contribution in [1.82, 2.24) is 0 Å². The van der Waals surface area contributed by atoms with Crippen LogP contribution in [0.1, 0.15) is 19.3 Å². The summed E-state index contributed by atoms with van der Waals surface area (Å²) in [5.41, 5.74) is 0.730. The summed E-state index contributed by atoms with van der Waals surface area (Å²) in [5.74, 6) is 0. The SMILES string of the molecule is N#CC1=CCC[C@H](O)C1. The number of nitrogens with zero attached hydrogens (tertiary/aromatic N) is 1. The van der Waals surface area contributed by atoms with Gasteiger partial charge in [0.15, 0.2) is 0 Å². The fourth-order valence-electron chi connectivity index (χ4n) is 0.980. The van der Waals surface area contributed by atoms with Crippen LogP contribution in [0.5, 0.6) is 0 Å². The number of hydrogen-bond donors (Lipinski definition) is 1. The molecule has 1 aliphatic rings. The van der Waals surface area contributed by atoms with Gasteiger partial charge in [-0.05, 0) is 12.8 Å². The van der Waals surface area contributed by atoms with Gasteiger partial charge < -0.3 is 5.11 Å². The third-order valence-electron chi connectivity index (χ3n) is 1.49. The Morgan fingerprint density at radius 3 is 3.00 bits per heavy atom. The van der Waals surface area contributed by atoms with Crippen molar-refractivity contribution in [2.45, 2.75) is 25.4 Å². The lowest BCUT2D eigenvalue weighted by Gasteiger charge is -2.12. The number of hydrogen-bond acceptors (Lipinski definition) is 2. The first-order chi connectivity index (χ1) is 4.33. The Labute approximate surface area is 54.4 Å².